The molecule has 0 aliphatic heterocycles. The van der Waals surface area contributed by atoms with Gasteiger partial charge in [0.2, 0.25) is 0 Å². The zero-order valence-electron chi connectivity index (χ0n) is 10.2. The molecule has 0 amide bonds. The lowest BCUT2D eigenvalue weighted by Crippen LogP contribution is -2.18. The SMILES string of the molecule is Cn1ccnc1CCNCc1ccc(Br)c(F)c1. The predicted molar refractivity (Wildman–Crippen MR) is 72.7 cm³/mol. The Hall–Kier alpha value is -1.20. The molecule has 0 radical (unpaired) electrons. The van der Waals surface area contributed by atoms with Gasteiger partial charge in [-0.3, -0.25) is 0 Å². The number of aryl methyl sites for hydroxylation is 1. The highest BCUT2D eigenvalue weighted by atomic mass is 79.9. The van der Waals surface area contributed by atoms with Crippen LogP contribution in [0.4, 0.5) is 4.39 Å². The topological polar surface area (TPSA) is 29.9 Å². The van der Waals surface area contributed by atoms with Crippen LogP contribution < -0.4 is 5.32 Å². The number of imidazole rings is 1. The summed E-state index contributed by atoms with van der Waals surface area (Å²) < 4.78 is 15.8. The van der Waals surface area contributed by atoms with Crippen LogP contribution >= 0.6 is 15.9 Å². The fourth-order valence-corrected chi connectivity index (χ4v) is 1.97. The molecule has 18 heavy (non-hydrogen) atoms. The van der Waals surface area contributed by atoms with Gasteiger partial charge in [-0.25, -0.2) is 9.37 Å². The molecule has 0 aliphatic carbocycles. The third-order valence-electron chi connectivity index (χ3n) is 2.76. The molecule has 0 saturated heterocycles. The number of hydrogen-bond donors (Lipinski definition) is 1. The van der Waals surface area contributed by atoms with Crippen LogP contribution in [-0.2, 0) is 20.0 Å². The predicted octanol–water partition coefficient (Wildman–Crippen LogP) is 2.65. The standard InChI is InChI=1S/C13H15BrFN3/c1-18-7-6-17-13(18)4-5-16-9-10-2-3-11(14)12(15)8-10/h2-3,6-8,16H,4-5,9H2,1H3. The van der Waals surface area contributed by atoms with Crippen molar-refractivity contribution in [1.82, 2.24) is 14.9 Å². The average molecular weight is 312 g/mol. The van der Waals surface area contributed by atoms with Crippen LogP contribution in [-0.4, -0.2) is 16.1 Å². The highest BCUT2D eigenvalue weighted by molar-refractivity contribution is 9.10. The van der Waals surface area contributed by atoms with Crippen molar-refractivity contribution >= 4 is 15.9 Å². The second kappa shape index (κ2) is 6.11. The largest absolute Gasteiger partial charge is 0.338 e. The minimum atomic E-state index is -0.224. The summed E-state index contributed by atoms with van der Waals surface area (Å²) in [5.41, 5.74) is 0.940. The molecule has 1 N–H and O–H groups in total. The Morgan fingerprint density at radius 1 is 1.44 bits per heavy atom. The van der Waals surface area contributed by atoms with E-state index in [1.165, 1.54) is 6.07 Å². The lowest BCUT2D eigenvalue weighted by Gasteiger charge is -2.06. The molecule has 0 atom stereocenters. The van der Waals surface area contributed by atoms with Crippen LogP contribution in [0, 0.1) is 5.82 Å². The summed E-state index contributed by atoms with van der Waals surface area (Å²) in [5, 5.41) is 3.28. The minimum absolute atomic E-state index is 0.224. The van der Waals surface area contributed by atoms with Gasteiger partial charge in [0, 0.05) is 39.0 Å². The minimum Gasteiger partial charge on any atom is -0.338 e. The molecule has 0 bridgehead atoms. The molecule has 0 spiro atoms. The molecule has 1 aromatic heterocycles. The van der Waals surface area contributed by atoms with Gasteiger partial charge in [-0.2, -0.15) is 0 Å². The molecule has 0 fully saturated rings. The van der Waals surface area contributed by atoms with Crippen molar-refractivity contribution in [3.8, 4) is 0 Å². The van der Waals surface area contributed by atoms with E-state index in [4.69, 9.17) is 0 Å². The lowest BCUT2D eigenvalue weighted by molar-refractivity contribution is 0.611. The lowest BCUT2D eigenvalue weighted by atomic mass is 10.2. The van der Waals surface area contributed by atoms with E-state index in [0.29, 0.717) is 11.0 Å². The molecule has 0 aliphatic rings. The molecule has 0 saturated carbocycles. The summed E-state index contributed by atoms with van der Waals surface area (Å²) in [6.45, 7) is 1.48. The van der Waals surface area contributed by atoms with E-state index in [9.17, 15) is 4.39 Å². The van der Waals surface area contributed by atoms with Crippen molar-refractivity contribution in [3.63, 3.8) is 0 Å². The molecular weight excluding hydrogens is 297 g/mol. The highest BCUT2D eigenvalue weighted by Gasteiger charge is 2.01. The normalized spacial score (nSPS) is 10.8. The smallest absolute Gasteiger partial charge is 0.137 e. The number of nitrogens with zero attached hydrogens (tertiary/aromatic N) is 2. The maximum Gasteiger partial charge on any atom is 0.137 e. The average Bonchev–Trinajstić information content (AvgIpc) is 2.75. The van der Waals surface area contributed by atoms with E-state index >= 15 is 0 Å². The molecular formula is C13H15BrFN3. The van der Waals surface area contributed by atoms with Gasteiger partial charge in [-0.1, -0.05) is 6.07 Å². The Balaban J connectivity index is 1.78. The monoisotopic (exact) mass is 311 g/mol. The van der Waals surface area contributed by atoms with Crippen molar-refractivity contribution < 1.29 is 4.39 Å². The first kappa shape index (κ1) is 13.2. The van der Waals surface area contributed by atoms with Gasteiger partial charge in [0.1, 0.15) is 11.6 Å². The van der Waals surface area contributed by atoms with E-state index in [1.54, 1.807) is 12.3 Å². The van der Waals surface area contributed by atoms with Crippen LogP contribution in [0.5, 0.6) is 0 Å². The van der Waals surface area contributed by atoms with Crippen LogP contribution in [0.2, 0.25) is 0 Å². The van der Waals surface area contributed by atoms with Crippen molar-refractivity contribution in [2.75, 3.05) is 6.54 Å². The van der Waals surface area contributed by atoms with E-state index in [0.717, 1.165) is 24.4 Å². The zero-order valence-corrected chi connectivity index (χ0v) is 11.7. The summed E-state index contributed by atoms with van der Waals surface area (Å²) in [5.74, 6) is 0.822. The van der Waals surface area contributed by atoms with Gasteiger partial charge in [-0.05, 0) is 33.6 Å². The number of benzene rings is 1. The van der Waals surface area contributed by atoms with E-state index in [1.807, 2.05) is 23.9 Å². The Morgan fingerprint density at radius 3 is 2.94 bits per heavy atom. The zero-order chi connectivity index (χ0) is 13.0. The maximum atomic E-state index is 13.3. The Bertz CT molecular complexity index is 525. The second-order valence-electron chi connectivity index (χ2n) is 4.13. The summed E-state index contributed by atoms with van der Waals surface area (Å²) in [6, 6.07) is 5.17. The second-order valence-corrected chi connectivity index (χ2v) is 4.98. The molecule has 1 heterocycles. The molecule has 1 aromatic carbocycles. The fraction of sp³-hybridized carbons (Fsp3) is 0.308. The Labute approximate surface area is 114 Å². The number of hydrogen-bond acceptors (Lipinski definition) is 2. The van der Waals surface area contributed by atoms with Gasteiger partial charge in [0.05, 0.1) is 4.47 Å². The molecule has 96 valence electrons. The molecule has 2 aromatic rings. The van der Waals surface area contributed by atoms with Crippen LogP contribution in [0.1, 0.15) is 11.4 Å². The molecule has 3 nitrogen and oxygen atoms in total. The first-order valence-corrected chi connectivity index (χ1v) is 6.57. The highest BCUT2D eigenvalue weighted by Crippen LogP contribution is 2.16. The van der Waals surface area contributed by atoms with Gasteiger partial charge >= 0.3 is 0 Å². The molecule has 5 heteroatoms. The number of rotatable bonds is 5. The van der Waals surface area contributed by atoms with Gasteiger partial charge < -0.3 is 9.88 Å². The van der Waals surface area contributed by atoms with Crippen molar-refractivity contribution in [1.29, 1.82) is 0 Å². The van der Waals surface area contributed by atoms with Crippen molar-refractivity contribution in [2.45, 2.75) is 13.0 Å². The van der Waals surface area contributed by atoms with E-state index in [-0.39, 0.29) is 5.82 Å². The van der Waals surface area contributed by atoms with Gasteiger partial charge in [0.25, 0.3) is 0 Å². The summed E-state index contributed by atoms with van der Waals surface area (Å²) >= 11 is 3.14. The molecule has 0 unspecified atom stereocenters. The Kier molecular flexibility index (Phi) is 4.49. The van der Waals surface area contributed by atoms with Crippen LogP contribution in [0.3, 0.4) is 0 Å². The van der Waals surface area contributed by atoms with Crippen molar-refractivity contribution in [3.05, 3.63) is 52.3 Å². The van der Waals surface area contributed by atoms with E-state index < -0.39 is 0 Å². The third-order valence-corrected chi connectivity index (χ3v) is 3.40. The first-order valence-electron chi connectivity index (χ1n) is 5.77. The number of aromatic nitrogens is 2. The number of nitrogens with one attached hydrogen (secondary N) is 1. The third kappa shape index (κ3) is 3.40. The first-order chi connectivity index (χ1) is 8.66. The Morgan fingerprint density at radius 2 is 2.28 bits per heavy atom. The van der Waals surface area contributed by atoms with Crippen LogP contribution in [0.25, 0.3) is 0 Å². The summed E-state index contributed by atoms with van der Waals surface area (Å²) in [7, 11) is 1.98. The maximum absolute atomic E-state index is 13.3. The fourth-order valence-electron chi connectivity index (χ4n) is 1.72. The summed E-state index contributed by atoms with van der Waals surface area (Å²) in [6.07, 6.45) is 4.58. The van der Waals surface area contributed by atoms with Crippen LogP contribution in [0.15, 0.2) is 35.1 Å². The summed E-state index contributed by atoms with van der Waals surface area (Å²) in [4.78, 5) is 4.24. The van der Waals surface area contributed by atoms with Gasteiger partial charge in [-0.15, -0.1) is 0 Å². The quantitative estimate of drug-likeness (QED) is 0.860. The van der Waals surface area contributed by atoms with E-state index in [2.05, 4.69) is 26.2 Å². The number of halogens is 2. The molecule has 2 rings (SSSR count). The van der Waals surface area contributed by atoms with Gasteiger partial charge in [0.15, 0.2) is 0 Å². The van der Waals surface area contributed by atoms with Crippen molar-refractivity contribution in [2.24, 2.45) is 7.05 Å².